The van der Waals surface area contributed by atoms with Crippen molar-refractivity contribution in [2.45, 2.75) is 39.5 Å². The summed E-state index contributed by atoms with van der Waals surface area (Å²) in [6, 6.07) is 10.2. The van der Waals surface area contributed by atoms with Crippen LogP contribution in [0.2, 0.25) is 0 Å². The van der Waals surface area contributed by atoms with Crippen molar-refractivity contribution in [3.8, 4) is 11.3 Å². The minimum absolute atomic E-state index is 0.109. The van der Waals surface area contributed by atoms with Crippen molar-refractivity contribution >= 4 is 5.97 Å². The lowest BCUT2D eigenvalue weighted by atomic mass is 9.74. The third kappa shape index (κ3) is 4.76. The highest BCUT2D eigenvalue weighted by Crippen LogP contribution is 2.38. The van der Waals surface area contributed by atoms with Crippen LogP contribution in [0.1, 0.15) is 37.5 Å². The first-order valence-electron chi connectivity index (χ1n) is 11.1. The van der Waals surface area contributed by atoms with Crippen LogP contribution in [0.4, 0.5) is 0 Å². The van der Waals surface area contributed by atoms with E-state index < -0.39 is 5.41 Å². The molecule has 2 aliphatic rings. The Kier molecular flexibility index (Phi) is 6.54. The van der Waals surface area contributed by atoms with Crippen molar-refractivity contribution in [1.82, 2.24) is 10.1 Å². The standard InChI is InChI=1S/C24H32N2O4/c1-3-29-23(27)24(8-10-26(11-9-24)16-19-7-12-28-17-19)15-21-14-22(25-30-21)20-6-4-5-18(2)13-20/h4-6,13-14,19H,3,7-12,15-17H2,1-2H3. The fourth-order valence-electron chi connectivity index (χ4n) is 4.66. The normalized spacial score (nSPS) is 21.6. The van der Waals surface area contributed by atoms with Gasteiger partial charge in [-0.05, 0) is 58.2 Å². The fourth-order valence-corrected chi connectivity index (χ4v) is 4.66. The van der Waals surface area contributed by atoms with Gasteiger partial charge in [-0.15, -0.1) is 0 Å². The van der Waals surface area contributed by atoms with E-state index >= 15 is 0 Å². The highest BCUT2D eigenvalue weighted by Gasteiger charge is 2.44. The fraction of sp³-hybridized carbons (Fsp3) is 0.583. The first-order chi connectivity index (χ1) is 14.6. The lowest BCUT2D eigenvalue weighted by molar-refractivity contribution is -0.159. The maximum Gasteiger partial charge on any atom is 0.312 e. The summed E-state index contributed by atoms with van der Waals surface area (Å²) in [6.07, 6.45) is 3.23. The highest BCUT2D eigenvalue weighted by atomic mass is 16.5. The van der Waals surface area contributed by atoms with Crippen molar-refractivity contribution in [2.75, 3.05) is 39.5 Å². The molecule has 2 saturated heterocycles. The molecule has 0 radical (unpaired) electrons. The van der Waals surface area contributed by atoms with Crippen LogP contribution in [0.25, 0.3) is 11.3 Å². The van der Waals surface area contributed by atoms with Crippen molar-refractivity contribution in [3.05, 3.63) is 41.7 Å². The number of aryl methyl sites for hydroxylation is 1. The number of hydrogen-bond donors (Lipinski definition) is 0. The molecule has 1 aromatic heterocycles. The zero-order valence-electron chi connectivity index (χ0n) is 18.1. The number of benzene rings is 1. The molecular weight excluding hydrogens is 380 g/mol. The van der Waals surface area contributed by atoms with Gasteiger partial charge in [-0.1, -0.05) is 28.9 Å². The Labute approximate surface area is 178 Å². The number of nitrogens with zero attached hydrogens (tertiary/aromatic N) is 2. The van der Waals surface area contributed by atoms with Gasteiger partial charge in [-0.25, -0.2) is 0 Å². The van der Waals surface area contributed by atoms with Crippen LogP contribution in [0, 0.1) is 18.3 Å². The Hall–Kier alpha value is -2.18. The largest absolute Gasteiger partial charge is 0.466 e. The van der Waals surface area contributed by atoms with Crippen molar-refractivity contribution in [2.24, 2.45) is 11.3 Å². The molecule has 0 aliphatic carbocycles. The second-order valence-electron chi connectivity index (χ2n) is 8.76. The molecule has 1 atom stereocenters. The van der Waals surface area contributed by atoms with Gasteiger partial charge in [-0.3, -0.25) is 4.79 Å². The molecule has 2 aliphatic heterocycles. The van der Waals surface area contributed by atoms with Gasteiger partial charge in [-0.2, -0.15) is 0 Å². The molecule has 0 bridgehead atoms. The predicted molar refractivity (Wildman–Crippen MR) is 114 cm³/mol. The molecule has 3 heterocycles. The van der Waals surface area contributed by atoms with Gasteiger partial charge in [0.1, 0.15) is 11.5 Å². The van der Waals surface area contributed by atoms with Crippen LogP contribution < -0.4 is 0 Å². The number of rotatable bonds is 7. The van der Waals surface area contributed by atoms with Crippen molar-refractivity contribution < 1.29 is 18.8 Å². The van der Waals surface area contributed by atoms with E-state index in [0.29, 0.717) is 18.9 Å². The average molecular weight is 413 g/mol. The molecule has 0 saturated carbocycles. The van der Waals surface area contributed by atoms with Gasteiger partial charge in [0.15, 0.2) is 0 Å². The van der Waals surface area contributed by atoms with E-state index in [1.54, 1.807) is 0 Å². The second-order valence-corrected chi connectivity index (χ2v) is 8.76. The first-order valence-corrected chi connectivity index (χ1v) is 11.1. The molecule has 1 aromatic carbocycles. The first kappa shape index (κ1) is 21.1. The molecule has 1 unspecified atom stereocenters. The zero-order valence-corrected chi connectivity index (χ0v) is 18.1. The summed E-state index contributed by atoms with van der Waals surface area (Å²) in [5.74, 6) is 1.26. The summed E-state index contributed by atoms with van der Waals surface area (Å²) >= 11 is 0. The molecule has 162 valence electrons. The Balaban J connectivity index is 1.46. The van der Waals surface area contributed by atoms with E-state index in [9.17, 15) is 4.79 Å². The summed E-state index contributed by atoms with van der Waals surface area (Å²) in [7, 11) is 0. The van der Waals surface area contributed by atoms with Gasteiger partial charge in [0.25, 0.3) is 0 Å². The minimum atomic E-state index is -0.540. The molecule has 2 fully saturated rings. The Morgan fingerprint density at radius 1 is 1.30 bits per heavy atom. The van der Waals surface area contributed by atoms with Gasteiger partial charge < -0.3 is 18.9 Å². The third-order valence-corrected chi connectivity index (χ3v) is 6.45. The summed E-state index contributed by atoms with van der Waals surface area (Å²) in [6.45, 7) is 8.91. The molecular formula is C24H32N2O4. The van der Waals surface area contributed by atoms with E-state index in [1.807, 2.05) is 25.1 Å². The van der Waals surface area contributed by atoms with Crippen LogP contribution in [-0.4, -0.2) is 55.5 Å². The Morgan fingerprint density at radius 2 is 2.13 bits per heavy atom. The molecule has 2 aromatic rings. The van der Waals surface area contributed by atoms with Crippen LogP contribution in [0.15, 0.2) is 34.9 Å². The van der Waals surface area contributed by atoms with Crippen molar-refractivity contribution in [1.29, 1.82) is 0 Å². The SMILES string of the molecule is CCOC(=O)C1(Cc2cc(-c3cccc(C)c3)no2)CCN(CC2CCOC2)CC1. The number of esters is 1. The monoisotopic (exact) mass is 412 g/mol. The topological polar surface area (TPSA) is 64.8 Å². The smallest absolute Gasteiger partial charge is 0.312 e. The highest BCUT2D eigenvalue weighted by molar-refractivity contribution is 5.77. The Morgan fingerprint density at radius 3 is 2.83 bits per heavy atom. The Bertz CT molecular complexity index is 848. The number of aromatic nitrogens is 1. The lowest BCUT2D eigenvalue weighted by Crippen LogP contribution is -2.47. The number of carbonyl (C=O) groups is 1. The number of ether oxygens (including phenoxy) is 2. The van der Waals surface area contributed by atoms with Gasteiger partial charge >= 0.3 is 5.97 Å². The van der Waals surface area contributed by atoms with Crippen LogP contribution in [0.5, 0.6) is 0 Å². The summed E-state index contributed by atoms with van der Waals surface area (Å²) in [5, 5.41) is 4.26. The van der Waals surface area contributed by atoms with Gasteiger partial charge in [0.05, 0.1) is 18.6 Å². The molecule has 6 heteroatoms. The van der Waals surface area contributed by atoms with Crippen molar-refractivity contribution in [3.63, 3.8) is 0 Å². The average Bonchev–Trinajstić information content (AvgIpc) is 3.42. The van der Waals surface area contributed by atoms with Crippen LogP contribution in [0.3, 0.4) is 0 Å². The molecule has 0 spiro atoms. The number of likely N-dealkylation sites (tertiary alicyclic amines) is 1. The zero-order chi connectivity index (χ0) is 21.0. The van der Waals surface area contributed by atoms with E-state index in [1.165, 1.54) is 5.56 Å². The van der Waals surface area contributed by atoms with E-state index in [4.69, 9.17) is 14.0 Å². The van der Waals surface area contributed by atoms with Crippen LogP contribution >= 0.6 is 0 Å². The maximum absolute atomic E-state index is 13.0. The quantitative estimate of drug-likeness (QED) is 0.643. The maximum atomic E-state index is 13.0. The molecule has 6 nitrogen and oxygen atoms in total. The summed E-state index contributed by atoms with van der Waals surface area (Å²) < 4.78 is 16.7. The van der Waals surface area contributed by atoms with E-state index in [-0.39, 0.29) is 5.97 Å². The number of piperidine rings is 1. The van der Waals surface area contributed by atoms with Gasteiger partial charge in [0, 0.05) is 31.2 Å². The van der Waals surface area contributed by atoms with E-state index in [0.717, 1.165) is 69.1 Å². The van der Waals surface area contributed by atoms with E-state index in [2.05, 4.69) is 29.1 Å². The lowest BCUT2D eigenvalue weighted by Gasteiger charge is -2.40. The van der Waals surface area contributed by atoms with Gasteiger partial charge in [0.2, 0.25) is 0 Å². The molecule has 30 heavy (non-hydrogen) atoms. The molecule has 0 N–H and O–H groups in total. The third-order valence-electron chi connectivity index (χ3n) is 6.45. The van der Waals surface area contributed by atoms with Crippen LogP contribution in [-0.2, 0) is 20.7 Å². The molecule has 0 amide bonds. The number of hydrogen-bond acceptors (Lipinski definition) is 6. The predicted octanol–water partition coefficient (Wildman–Crippen LogP) is 3.87. The summed E-state index contributed by atoms with van der Waals surface area (Å²) in [5.41, 5.74) is 2.48. The number of carbonyl (C=O) groups excluding carboxylic acids is 1. The summed E-state index contributed by atoms with van der Waals surface area (Å²) in [4.78, 5) is 15.4. The minimum Gasteiger partial charge on any atom is -0.466 e. The second kappa shape index (κ2) is 9.31. The molecule has 4 rings (SSSR count).